The van der Waals surface area contributed by atoms with Crippen LogP contribution in [-0.4, -0.2) is 43.3 Å². The molecular weight excluding hydrogens is 306 g/mol. The Morgan fingerprint density at radius 3 is 2.92 bits per heavy atom. The smallest absolute Gasteiger partial charge is 0.225 e. The second-order valence-corrected chi connectivity index (χ2v) is 6.86. The first-order chi connectivity index (χ1) is 11.7. The van der Waals surface area contributed by atoms with Crippen molar-refractivity contribution in [3.8, 4) is 0 Å². The SMILES string of the molecule is Cc1ccc([C@H]2CCCCCN2C(=O)CCOC[C@@H]2CCCO2)o1. The van der Waals surface area contributed by atoms with Crippen molar-refractivity contribution in [1.82, 2.24) is 4.90 Å². The normalized spacial score (nSPS) is 25.0. The predicted molar refractivity (Wildman–Crippen MR) is 90.8 cm³/mol. The highest BCUT2D eigenvalue weighted by Gasteiger charge is 2.28. The first-order valence-electron chi connectivity index (χ1n) is 9.29. The minimum absolute atomic E-state index is 0.0758. The molecule has 0 N–H and O–H groups in total. The monoisotopic (exact) mass is 335 g/mol. The molecule has 0 unspecified atom stereocenters. The number of nitrogens with zero attached hydrogens (tertiary/aromatic N) is 1. The van der Waals surface area contributed by atoms with Gasteiger partial charge in [0.05, 0.1) is 31.8 Å². The van der Waals surface area contributed by atoms with Gasteiger partial charge in [0.2, 0.25) is 5.91 Å². The number of carbonyl (C=O) groups excluding carboxylic acids is 1. The van der Waals surface area contributed by atoms with Crippen LogP contribution in [0, 0.1) is 6.92 Å². The van der Waals surface area contributed by atoms with E-state index in [2.05, 4.69) is 0 Å². The Hall–Kier alpha value is -1.33. The van der Waals surface area contributed by atoms with E-state index in [9.17, 15) is 4.79 Å². The number of hydrogen-bond acceptors (Lipinski definition) is 4. The molecule has 3 rings (SSSR count). The van der Waals surface area contributed by atoms with Gasteiger partial charge in [0, 0.05) is 13.2 Å². The fourth-order valence-corrected chi connectivity index (χ4v) is 3.63. The van der Waals surface area contributed by atoms with Crippen LogP contribution in [0.5, 0.6) is 0 Å². The molecular formula is C19H29NO4. The van der Waals surface area contributed by atoms with Gasteiger partial charge in [-0.05, 0) is 44.7 Å². The van der Waals surface area contributed by atoms with E-state index in [-0.39, 0.29) is 18.1 Å². The molecule has 2 aliphatic rings. The second kappa shape index (κ2) is 8.67. The Balaban J connectivity index is 1.51. The summed E-state index contributed by atoms with van der Waals surface area (Å²) in [5, 5.41) is 0. The number of carbonyl (C=O) groups is 1. The average molecular weight is 335 g/mol. The summed E-state index contributed by atoms with van der Waals surface area (Å²) in [6, 6.07) is 4.07. The van der Waals surface area contributed by atoms with E-state index in [1.165, 1.54) is 6.42 Å². The Morgan fingerprint density at radius 2 is 2.17 bits per heavy atom. The summed E-state index contributed by atoms with van der Waals surface area (Å²) >= 11 is 0. The van der Waals surface area contributed by atoms with Crippen molar-refractivity contribution in [2.75, 3.05) is 26.4 Å². The maximum absolute atomic E-state index is 12.7. The van der Waals surface area contributed by atoms with Gasteiger partial charge in [0.1, 0.15) is 11.5 Å². The molecule has 0 aromatic carbocycles. The lowest BCUT2D eigenvalue weighted by Gasteiger charge is -2.29. The van der Waals surface area contributed by atoms with Gasteiger partial charge in [-0.2, -0.15) is 0 Å². The standard InChI is InChI=1S/C19H29NO4/c1-15-8-9-18(24-15)17-7-3-2-4-11-20(17)19(21)10-13-22-14-16-6-5-12-23-16/h8-9,16-17H,2-7,10-14H2,1H3/t16-,17+/m0/s1. The summed E-state index contributed by atoms with van der Waals surface area (Å²) in [4.78, 5) is 14.7. The van der Waals surface area contributed by atoms with Crippen LogP contribution >= 0.6 is 0 Å². The lowest BCUT2D eigenvalue weighted by atomic mass is 10.1. The zero-order chi connectivity index (χ0) is 16.8. The molecule has 2 atom stereocenters. The molecule has 0 radical (unpaired) electrons. The van der Waals surface area contributed by atoms with Gasteiger partial charge in [-0.3, -0.25) is 4.79 Å². The lowest BCUT2D eigenvalue weighted by Crippen LogP contribution is -2.35. The third-order valence-electron chi connectivity index (χ3n) is 4.95. The first-order valence-corrected chi connectivity index (χ1v) is 9.29. The van der Waals surface area contributed by atoms with Crippen molar-refractivity contribution in [1.29, 1.82) is 0 Å². The van der Waals surface area contributed by atoms with E-state index in [1.54, 1.807) is 0 Å². The van der Waals surface area contributed by atoms with E-state index >= 15 is 0 Å². The van der Waals surface area contributed by atoms with Crippen molar-refractivity contribution in [3.05, 3.63) is 23.7 Å². The molecule has 0 spiro atoms. The van der Waals surface area contributed by atoms with Crippen LogP contribution < -0.4 is 0 Å². The second-order valence-electron chi connectivity index (χ2n) is 6.86. The van der Waals surface area contributed by atoms with Crippen LogP contribution in [0.2, 0.25) is 0 Å². The minimum Gasteiger partial charge on any atom is -0.464 e. The zero-order valence-electron chi connectivity index (χ0n) is 14.7. The number of aryl methyl sites for hydroxylation is 1. The fraction of sp³-hybridized carbons (Fsp3) is 0.737. The molecule has 0 bridgehead atoms. The van der Waals surface area contributed by atoms with Crippen LogP contribution in [0.3, 0.4) is 0 Å². The van der Waals surface area contributed by atoms with Crippen molar-refractivity contribution >= 4 is 5.91 Å². The molecule has 2 fully saturated rings. The molecule has 24 heavy (non-hydrogen) atoms. The number of amides is 1. The number of rotatable bonds is 6. The maximum atomic E-state index is 12.7. The molecule has 5 heteroatoms. The molecule has 0 aliphatic carbocycles. The van der Waals surface area contributed by atoms with Crippen LogP contribution in [0.4, 0.5) is 0 Å². The van der Waals surface area contributed by atoms with Crippen molar-refractivity contribution in [2.24, 2.45) is 0 Å². The van der Waals surface area contributed by atoms with Crippen LogP contribution in [0.25, 0.3) is 0 Å². The van der Waals surface area contributed by atoms with Gasteiger partial charge in [0.25, 0.3) is 0 Å². The van der Waals surface area contributed by atoms with Crippen LogP contribution in [-0.2, 0) is 14.3 Å². The van der Waals surface area contributed by atoms with E-state index in [0.717, 1.165) is 56.8 Å². The van der Waals surface area contributed by atoms with Crippen LogP contribution in [0.1, 0.15) is 62.5 Å². The molecule has 2 aliphatic heterocycles. The molecule has 134 valence electrons. The topological polar surface area (TPSA) is 51.9 Å². The fourth-order valence-electron chi connectivity index (χ4n) is 3.63. The quantitative estimate of drug-likeness (QED) is 0.745. The Labute approximate surface area is 144 Å². The van der Waals surface area contributed by atoms with E-state index in [1.807, 2.05) is 24.0 Å². The molecule has 0 saturated carbocycles. The number of furan rings is 1. The summed E-state index contributed by atoms with van der Waals surface area (Å²) < 4.78 is 17.0. The largest absolute Gasteiger partial charge is 0.464 e. The minimum atomic E-state index is 0.0758. The van der Waals surface area contributed by atoms with Crippen molar-refractivity contribution in [2.45, 2.75) is 64.0 Å². The summed E-state index contributed by atoms with van der Waals surface area (Å²) in [5.74, 6) is 1.99. The van der Waals surface area contributed by atoms with Gasteiger partial charge in [0.15, 0.2) is 0 Å². The van der Waals surface area contributed by atoms with Gasteiger partial charge >= 0.3 is 0 Å². The van der Waals surface area contributed by atoms with Gasteiger partial charge in [-0.15, -0.1) is 0 Å². The summed E-state index contributed by atoms with van der Waals surface area (Å²) in [5.41, 5.74) is 0. The highest BCUT2D eigenvalue weighted by molar-refractivity contribution is 5.76. The summed E-state index contributed by atoms with van der Waals surface area (Å²) in [6.07, 6.45) is 7.21. The molecule has 1 aromatic heterocycles. The lowest BCUT2D eigenvalue weighted by molar-refractivity contribution is -0.135. The maximum Gasteiger partial charge on any atom is 0.225 e. The van der Waals surface area contributed by atoms with Crippen molar-refractivity contribution in [3.63, 3.8) is 0 Å². The molecule has 1 aromatic rings. The molecule has 2 saturated heterocycles. The van der Waals surface area contributed by atoms with Crippen LogP contribution in [0.15, 0.2) is 16.5 Å². The Kier molecular flexibility index (Phi) is 6.32. The predicted octanol–water partition coefficient (Wildman–Crippen LogP) is 3.62. The molecule has 5 nitrogen and oxygen atoms in total. The van der Waals surface area contributed by atoms with E-state index in [4.69, 9.17) is 13.9 Å². The Morgan fingerprint density at radius 1 is 1.25 bits per heavy atom. The van der Waals surface area contributed by atoms with E-state index in [0.29, 0.717) is 19.6 Å². The van der Waals surface area contributed by atoms with Gasteiger partial charge in [-0.25, -0.2) is 0 Å². The average Bonchev–Trinajstić information content (AvgIpc) is 3.18. The molecule has 1 amide bonds. The number of likely N-dealkylation sites (tertiary alicyclic amines) is 1. The zero-order valence-corrected chi connectivity index (χ0v) is 14.7. The van der Waals surface area contributed by atoms with E-state index < -0.39 is 0 Å². The summed E-state index contributed by atoms with van der Waals surface area (Å²) in [6.45, 7) is 4.68. The highest BCUT2D eigenvalue weighted by Crippen LogP contribution is 2.31. The third-order valence-corrected chi connectivity index (χ3v) is 4.95. The van der Waals surface area contributed by atoms with Crippen molar-refractivity contribution < 1.29 is 18.7 Å². The first kappa shape index (κ1) is 17.5. The highest BCUT2D eigenvalue weighted by atomic mass is 16.5. The number of ether oxygens (including phenoxy) is 2. The molecule has 3 heterocycles. The third kappa shape index (κ3) is 4.61. The van der Waals surface area contributed by atoms with Gasteiger partial charge in [-0.1, -0.05) is 12.8 Å². The Bertz CT molecular complexity index is 521. The van der Waals surface area contributed by atoms with Gasteiger partial charge < -0.3 is 18.8 Å². The number of hydrogen-bond donors (Lipinski definition) is 0. The summed E-state index contributed by atoms with van der Waals surface area (Å²) in [7, 11) is 0.